The highest BCUT2D eigenvalue weighted by atomic mass is 35.5. The molecule has 2 aliphatic rings. The number of fused-ring (bicyclic) bond motifs is 1. The van der Waals surface area contributed by atoms with Crippen LogP contribution in [-0.4, -0.2) is 96.4 Å². The van der Waals surface area contributed by atoms with Crippen LogP contribution in [-0.2, 0) is 10.0 Å². The lowest BCUT2D eigenvalue weighted by atomic mass is 10.0. The quantitative estimate of drug-likeness (QED) is 0.216. The number of aromatic nitrogens is 3. The Balaban J connectivity index is 1.28. The van der Waals surface area contributed by atoms with Gasteiger partial charge in [0.1, 0.15) is 5.75 Å². The number of ether oxygens (including phenoxy) is 1. The van der Waals surface area contributed by atoms with Crippen molar-refractivity contribution in [3.05, 3.63) is 58.8 Å². The third-order valence-corrected chi connectivity index (χ3v) is 11.1. The third kappa shape index (κ3) is 6.80. The number of benzene rings is 2. The lowest BCUT2D eigenvalue weighted by Gasteiger charge is -2.42. The topological polar surface area (TPSA) is 95.8 Å². The Hall–Kier alpha value is -3.09. The van der Waals surface area contributed by atoms with Gasteiger partial charge in [-0.25, -0.2) is 22.4 Å². The molecule has 0 radical (unpaired) electrons. The summed E-state index contributed by atoms with van der Waals surface area (Å²) in [7, 11) is -1.36. The number of piperidine rings is 1. The van der Waals surface area contributed by atoms with Crippen LogP contribution >= 0.6 is 23.2 Å². The first-order valence-electron chi connectivity index (χ1n) is 15.8. The number of likely N-dealkylation sites (N-methyl/N-ethyl adjacent to an activating group) is 1. The van der Waals surface area contributed by atoms with Gasteiger partial charge in [0.2, 0.25) is 16.0 Å². The van der Waals surface area contributed by atoms with Crippen LogP contribution in [0.5, 0.6) is 5.75 Å². The molecule has 10 nitrogen and oxygen atoms in total. The molecule has 0 aliphatic carbocycles. The maximum Gasteiger partial charge on any atom is 0.238 e. The Morgan fingerprint density at radius 3 is 2.43 bits per heavy atom. The van der Waals surface area contributed by atoms with E-state index in [1.807, 2.05) is 44.2 Å². The van der Waals surface area contributed by atoms with Gasteiger partial charge in [-0.2, -0.15) is 0 Å². The van der Waals surface area contributed by atoms with Gasteiger partial charge in [0.15, 0.2) is 0 Å². The van der Waals surface area contributed by atoms with Crippen LogP contribution in [0.2, 0.25) is 10.0 Å². The molecule has 6 rings (SSSR count). The molecule has 0 saturated carbocycles. The number of nitrogens with zero attached hydrogens (tertiary/aromatic N) is 6. The van der Waals surface area contributed by atoms with Gasteiger partial charge in [-0.1, -0.05) is 41.4 Å². The number of piperazine rings is 1. The van der Waals surface area contributed by atoms with Crippen molar-refractivity contribution in [1.29, 1.82) is 0 Å². The summed E-state index contributed by atoms with van der Waals surface area (Å²) in [6.07, 6.45) is 5.20. The number of anilines is 3. The second-order valence-corrected chi connectivity index (χ2v) is 15.2. The van der Waals surface area contributed by atoms with Crippen molar-refractivity contribution in [2.24, 2.45) is 0 Å². The van der Waals surface area contributed by atoms with Crippen molar-refractivity contribution in [1.82, 2.24) is 23.7 Å². The van der Waals surface area contributed by atoms with Crippen LogP contribution in [0.4, 0.5) is 17.3 Å². The summed E-state index contributed by atoms with van der Waals surface area (Å²) in [5, 5.41) is 4.92. The Bertz CT molecular complexity index is 1820. The summed E-state index contributed by atoms with van der Waals surface area (Å²) in [6.45, 7) is 11.9. The standard InChI is InChI=1S/C33H41Cl2N7O3S/c1-5-46(43,44)42-21-25(24-8-6-7-9-29(24)42)32-27(35)20-36-33(38-32)37-28-18-26(34)30(19-31(28)45-22(2)3)41-12-10-23(11-13-41)40-16-14-39(4)15-17-40/h6-9,18-23H,5,10-17H2,1-4H3,(H,36,37,38). The van der Waals surface area contributed by atoms with Crippen molar-refractivity contribution in [2.45, 2.75) is 45.8 Å². The van der Waals surface area contributed by atoms with E-state index in [-0.39, 0.29) is 17.8 Å². The highest BCUT2D eigenvalue weighted by molar-refractivity contribution is 7.90. The van der Waals surface area contributed by atoms with Gasteiger partial charge in [0.25, 0.3) is 0 Å². The van der Waals surface area contributed by atoms with Crippen LogP contribution < -0.4 is 15.0 Å². The van der Waals surface area contributed by atoms with E-state index in [0.29, 0.717) is 44.3 Å². The molecule has 246 valence electrons. The molecule has 2 aliphatic heterocycles. The second kappa shape index (κ2) is 13.6. The molecule has 0 bridgehead atoms. The number of hydrogen-bond donors (Lipinski definition) is 1. The van der Waals surface area contributed by atoms with Gasteiger partial charge < -0.3 is 19.9 Å². The summed E-state index contributed by atoms with van der Waals surface area (Å²) in [5.74, 6) is 0.875. The minimum atomic E-state index is -3.55. The number of nitrogens with one attached hydrogen (secondary N) is 1. The molecule has 13 heteroatoms. The van der Waals surface area contributed by atoms with E-state index in [1.54, 1.807) is 19.2 Å². The van der Waals surface area contributed by atoms with Crippen molar-refractivity contribution < 1.29 is 13.2 Å². The molecule has 0 amide bonds. The first-order valence-corrected chi connectivity index (χ1v) is 18.2. The molecule has 2 saturated heterocycles. The zero-order chi connectivity index (χ0) is 32.6. The van der Waals surface area contributed by atoms with Gasteiger partial charge in [-0.3, -0.25) is 4.90 Å². The Morgan fingerprint density at radius 1 is 1.02 bits per heavy atom. The fourth-order valence-electron chi connectivity index (χ4n) is 6.34. The summed E-state index contributed by atoms with van der Waals surface area (Å²) < 4.78 is 33.4. The molecule has 46 heavy (non-hydrogen) atoms. The smallest absolute Gasteiger partial charge is 0.238 e. The Morgan fingerprint density at radius 2 is 1.74 bits per heavy atom. The molecule has 4 heterocycles. The summed E-state index contributed by atoms with van der Waals surface area (Å²) in [6, 6.07) is 11.8. The second-order valence-electron chi connectivity index (χ2n) is 12.3. The first-order chi connectivity index (χ1) is 22.0. The molecular formula is C33H41Cl2N7O3S. The van der Waals surface area contributed by atoms with Crippen molar-refractivity contribution in [3.63, 3.8) is 0 Å². The fourth-order valence-corrected chi connectivity index (χ4v) is 7.82. The minimum Gasteiger partial charge on any atom is -0.489 e. The van der Waals surface area contributed by atoms with Crippen molar-refractivity contribution >= 4 is 61.5 Å². The predicted octanol–water partition coefficient (Wildman–Crippen LogP) is 6.35. The van der Waals surface area contributed by atoms with E-state index in [4.69, 9.17) is 32.9 Å². The van der Waals surface area contributed by atoms with E-state index < -0.39 is 10.0 Å². The number of hydrogen-bond acceptors (Lipinski definition) is 9. The Labute approximate surface area is 281 Å². The SMILES string of the molecule is CCS(=O)(=O)n1cc(-c2nc(Nc3cc(Cl)c(N4CCC(N5CCN(C)CC5)CC4)cc3OC(C)C)ncc2Cl)c2ccccc21. The van der Waals surface area contributed by atoms with E-state index in [2.05, 4.69) is 32.0 Å². The van der Waals surface area contributed by atoms with Crippen LogP contribution in [0.15, 0.2) is 48.8 Å². The van der Waals surface area contributed by atoms with Gasteiger partial charge >= 0.3 is 0 Å². The van der Waals surface area contributed by atoms with Crippen LogP contribution in [0.3, 0.4) is 0 Å². The van der Waals surface area contributed by atoms with Gasteiger partial charge in [0, 0.05) is 68.5 Å². The van der Waals surface area contributed by atoms with Crippen LogP contribution in [0, 0.1) is 0 Å². The number of para-hydroxylation sites is 1. The van der Waals surface area contributed by atoms with Crippen molar-refractivity contribution in [2.75, 3.05) is 62.3 Å². The van der Waals surface area contributed by atoms with Crippen LogP contribution in [0.1, 0.15) is 33.6 Å². The number of rotatable bonds is 9. The van der Waals surface area contributed by atoms with Crippen molar-refractivity contribution in [3.8, 4) is 17.0 Å². The minimum absolute atomic E-state index is 0.0426. The summed E-state index contributed by atoms with van der Waals surface area (Å²) in [5.41, 5.74) is 3.14. The highest BCUT2D eigenvalue weighted by Gasteiger charge is 2.28. The molecule has 0 spiro atoms. The summed E-state index contributed by atoms with van der Waals surface area (Å²) in [4.78, 5) is 16.6. The molecule has 1 N–H and O–H groups in total. The first kappa shape index (κ1) is 32.8. The normalized spacial score (nSPS) is 17.2. The molecular weight excluding hydrogens is 645 g/mol. The maximum absolute atomic E-state index is 12.9. The lowest BCUT2D eigenvalue weighted by Crippen LogP contribution is -2.52. The zero-order valence-corrected chi connectivity index (χ0v) is 29.0. The molecule has 0 atom stereocenters. The maximum atomic E-state index is 12.9. The molecule has 2 fully saturated rings. The van der Waals surface area contributed by atoms with E-state index in [0.717, 1.165) is 63.2 Å². The van der Waals surface area contributed by atoms with E-state index >= 15 is 0 Å². The largest absolute Gasteiger partial charge is 0.489 e. The zero-order valence-electron chi connectivity index (χ0n) is 26.7. The highest BCUT2D eigenvalue weighted by Crippen LogP contribution is 2.40. The third-order valence-electron chi connectivity index (χ3n) is 8.86. The monoisotopic (exact) mass is 685 g/mol. The fraction of sp³-hybridized carbons (Fsp3) is 0.455. The average molecular weight is 687 g/mol. The molecule has 2 aromatic heterocycles. The molecule has 2 aromatic carbocycles. The van der Waals surface area contributed by atoms with Crippen LogP contribution in [0.25, 0.3) is 22.2 Å². The number of halogens is 2. The summed E-state index contributed by atoms with van der Waals surface area (Å²) >= 11 is 13.6. The predicted molar refractivity (Wildman–Crippen MR) is 188 cm³/mol. The lowest BCUT2D eigenvalue weighted by molar-refractivity contribution is 0.0982. The van der Waals surface area contributed by atoms with Gasteiger partial charge in [0.05, 0.1) is 50.7 Å². The molecule has 4 aromatic rings. The Kier molecular flexibility index (Phi) is 9.68. The van der Waals surface area contributed by atoms with E-state index in [1.165, 1.54) is 10.2 Å². The average Bonchev–Trinajstić information content (AvgIpc) is 3.44. The van der Waals surface area contributed by atoms with Gasteiger partial charge in [-0.05, 0) is 52.8 Å². The van der Waals surface area contributed by atoms with Gasteiger partial charge in [-0.15, -0.1) is 0 Å². The van der Waals surface area contributed by atoms with E-state index in [9.17, 15) is 8.42 Å². The molecule has 0 unspecified atom stereocenters.